The molecule has 3 nitrogen and oxygen atoms in total. The Morgan fingerprint density at radius 2 is 2.18 bits per heavy atom. The van der Waals surface area contributed by atoms with Gasteiger partial charge in [0.2, 0.25) is 5.91 Å². The van der Waals surface area contributed by atoms with Gasteiger partial charge >= 0.3 is 0 Å². The SMILES string of the molecule is CCC(CSC)N1C(=O)C2(CCCC2)NC1C. The highest BCUT2D eigenvalue weighted by atomic mass is 32.2. The van der Waals surface area contributed by atoms with Crippen LogP contribution < -0.4 is 5.32 Å². The molecule has 2 fully saturated rings. The second-order valence-electron chi connectivity index (χ2n) is 5.34. The van der Waals surface area contributed by atoms with Crippen LogP contribution in [-0.2, 0) is 4.79 Å². The molecule has 1 aliphatic carbocycles. The summed E-state index contributed by atoms with van der Waals surface area (Å²) in [6.45, 7) is 4.31. The van der Waals surface area contributed by atoms with Crippen molar-refractivity contribution in [3.8, 4) is 0 Å². The molecule has 2 unspecified atom stereocenters. The van der Waals surface area contributed by atoms with Crippen LogP contribution in [0.3, 0.4) is 0 Å². The molecule has 0 aromatic carbocycles. The zero-order valence-corrected chi connectivity index (χ0v) is 12.0. The molecule has 0 aromatic heterocycles. The van der Waals surface area contributed by atoms with Gasteiger partial charge in [0.25, 0.3) is 0 Å². The summed E-state index contributed by atoms with van der Waals surface area (Å²) < 4.78 is 0. The number of amides is 1. The number of rotatable bonds is 4. The molecule has 98 valence electrons. The van der Waals surface area contributed by atoms with E-state index >= 15 is 0 Å². The summed E-state index contributed by atoms with van der Waals surface area (Å²) in [5.41, 5.74) is -0.203. The highest BCUT2D eigenvalue weighted by Gasteiger charge is 2.52. The highest BCUT2D eigenvalue weighted by Crippen LogP contribution is 2.37. The maximum absolute atomic E-state index is 12.7. The third-order valence-electron chi connectivity index (χ3n) is 4.23. The van der Waals surface area contributed by atoms with Crippen molar-refractivity contribution in [3.05, 3.63) is 0 Å². The molecule has 2 atom stereocenters. The molecular weight excluding hydrogens is 232 g/mol. The van der Waals surface area contributed by atoms with E-state index < -0.39 is 0 Å². The van der Waals surface area contributed by atoms with Gasteiger partial charge in [0.05, 0.1) is 11.7 Å². The van der Waals surface area contributed by atoms with E-state index in [0.717, 1.165) is 25.0 Å². The van der Waals surface area contributed by atoms with Gasteiger partial charge in [0.15, 0.2) is 0 Å². The molecule has 1 N–H and O–H groups in total. The van der Waals surface area contributed by atoms with Crippen molar-refractivity contribution in [2.24, 2.45) is 0 Å². The maximum Gasteiger partial charge on any atom is 0.244 e. The zero-order chi connectivity index (χ0) is 12.5. The van der Waals surface area contributed by atoms with Crippen molar-refractivity contribution < 1.29 is 4.79 Å². The molecule has 1 spiro atoms. The Bertz CT molecular complexity index is 289. The fourth-order valence-electron chi connectivity index (χ4n) is 3.36. The molecule has 1 heterocycles. The fourth-order valence-corrected chi connectivity index (χ4v) is 4.14. The summed E-state index contributed by atoms with van der Waals surface area (Å²) >= 11 is 1.83. The Balaban J connectivity index is 2.15. The molecule has 17 heavy (non-hydrogen) atoms. The minimum Gasteiger partial charge on any atom is -0.322 e. The normalized spacial score (nSPS) is 29.2. The average molecular weight is 256 g/mol. The first-order chi connectivity index (χ1) is 8.14. The van der Waals surface area contributed by atoms with Gasteiger partial charge in [-0.05, 0) is 32.4 Å². The molecule has 2 aliphatic rings. The Labute approximate surface area is 109 Å². The van der Waals surface area contributed by atoms with E-state index in [0.29, 0.717) is 11.9 Å². The van der Waals surface area contributed by atoms with Gasteiger partial charge in [-0.15, -0.1) is 0 Å². The number of hydrogen-bond acceptors (Lipinski definition) is 3. The standard InChI is InChI=1S/C13H24N2OS/c1-4-11(9-17-3)15-10(2)14-13(12(15)16)7-5-6-8-13/h10-11,14H,4-9H2,1-3H3. The Morgan fingerprint density at radius 3 is 2.71 bits per heavy atom. The van der Waals surface area contributed by atoms with E-state index in [1.54, 1.807) is 0 Å². The van der Waals surface area contributed by atoms with Gasteiger partial charge < -0.3 is 4.90 Å². The van der Waals surface area contributed by atoms with E-state index in [1.165, 1.54) is 12.8 Å². The van der Waals surface area contributed by atoms with Crippen LogP contribution in [-0.4, -0.2) is 40.6 Å². The molecule has 1 amide bonds. The average Bonchev–Trinajstić information content (AvgIpc) is 2.85. The molecule has 0 radical (unpaired) electrons. The smallest absolute Gasteiger partial charge is 0.244 e. The van der Waals surface area contributed by atoms with Gasteiger partial charge in [-0.3, -0.25) is 10.1 Å². The van der Waals surface area contributed by atoms with E-state index in [4.69, 9.17) is 0 Å². The molecule has 1 saturated heterocycles. The first kappa shape index (κ1) is 13.2. The summed E-state index contributed by atoms with van der Waals surface area (Å²) in [7, 11) is 0. The fraction of sp³-hybridized carbons (Fsp3) is 0.923. The first-order valence-electron chi connectivity index (χ1n) is 6.74. The van der Waals surface area contributed by atoms with Crippen LogP contribution in [0, 0.1) is 0 Å². The lowest BCUT2D eigenvalue weighted by Crippen LogP contribution is -2.46. The van der Waals surface area contributed by atoms with Crippen LogP contribution >= 0.6 is 11.8 Å². The monoisotopic (exact) mass is 256 g/mol. The third-order valence-corrected chi connectivity index (χ3v) is 4.95. The highest BCUT2D eigenvalue weighted by molar-refractivity contribution is 7.98. The van der Waals surface area contributed by atoms with Crippen LogP contribution in [0.5, 0.6) is 0 Å². The summed E-state index contributed by atoms with van der Waals surface area (Å²) in [6.07, 6.45) is 7.82. The van der Waals surface area contributed by atoms with Crippen molar-refractivity contribution >= 4 is 17.7 Å². The lowest BCUT2D eigenvalue weighted by Gasteiger charge is -2.30. The summed E-state index contributed by atoms with van der Waals surface area (Å²) in [5, 5.41) is 3.57. The lowest BCUT2D eigenvalue weighted by atomic mass is 9.97. The van der Waals surface area contributed by atoms with Crippen molar-refractivity contribution in [2.75, 3.05) is 12.0 Å². The minimum atomic E-state index is -0.203. The number of carbonyl (C=O) groups is 1. The number of nitrogens with one attached hydrogen (secondary N) is 1. The van der Waals surface area contributed by atoms with Crippen molar-refractivity contribution in [3.63, 3.8) is 0 Å². The molecule has 0 bridgehead atoms. The molecule has 2 rings (SSSR count). The summed E-state index contributed by atoms with van der Waals surface area (Å²) in [5.74, 6) is 1.41. The molecule has 4 heteroatoms. The van der Waals surface area contributed by atoms with Crippen LogP contribution in [0.4, 0.5) is 0 Å². The predicted octanol–water partition coefficient (Wildman–Crippen LogP) is 2.22. The van der Waals surface area contributed by atoms with E-state index in [2.05, 4.69) is 30.3 Å². The number of carbonyl (C=O) groups excluding carboxylic acids is 1. The van der Waals surface area contributed by atoms with Crippen LogP contribution in [0.15, 0.2) is 0 Å². The van der Waals surface area contributed by atoms with E-state index in [-0.39, 0.29) is 11.7 Å². The van der Waals surface area contributed by atoms with Gasteiger partial charge in [-0.2, -0.15) is 11.8 Å². The van der Waals surface area contributed by atoms with Crippen molar-refractivity contribution in [1.29, 1.82) is 0 Å². The van der Waals surface area contributed by atoms with Crippen molar-refractivity contribution in [2.45, 2.75) is 63.7 Å². The van der Waals surface area contributed by atoms with Crippen LogP contribution in [0.25, 0.3) is 0 Å². The third kappa shape index (κ3) is 2.22. The Morgan fingerprint density at radius 1 is 1.53 bits per heavy atom. The predicted molar refractivity (Wildman–Crippen MR) is 73.1 cm³/mol. The number of nitrogens with zero attached hydrogens (tertiary/aromatic N) is 1. The quantitative estimate of drug-likeness (QED) is 0.837. The topological polar surface area (TPSA) is 32.3 Å². The largest absolute Gasteiger partial charge is 0.322 e. The Kier molecular flexibility index (Phi) is 4.03. The second-order valence-corrected chi connectivity index (χ2v) is 6.25. The van der Waals surface area contributed by atoms with Gasteiger partial charge in [-0.25, -0.2) is 0 Å². The maximum atomic E-state index is 12.7. The summed E-state index contributed by atoms with van der Waals surface area (Å²) in [6, 6.07) is 0.389. The summed E-state index contributed by atoms with van der Waals surface area (Å²) in [4.78, 5) is 14.8. The van der Waals surface area contributed by atoms with Crippen LogP contribution in [0.2, 0.25) is 0 Å². The van der Waals surface area contributed by atoms with Crippen molar-refractivity contribution in [1.82, 2.24) is 10.2 Å². The van der Waals surface area contributed by atoms with Gasteiger partial charge in [0.1, 0.15) is 0 Å². The van der Waals surface area contributed by atoms with Crippen LogP contribution in [0.1, 0.15) is 46.0 Å². The number of hydrogen-bond donors (Lipinski definition) is 1. The second kappa shape index (κ2) is 5.19. The molecular formula is C13H24N2OS. The Hall–Kier alpha value is -0.220. The lowest BCUT2D eigenvalue weighted by molar-refractivity contribution is -0.134. The van der Waals surface area contributed by atoms with E-state index in [9.17, 15) is 4.79 Å². The number of thioether (sulfide) groups is 1. The zero-order valence-electron chi connectivity index (χ0n) is 11.2. The molecule has 1 aliphatic heterocycles. The van der Waals surface area contributed by atoms with Gasteiger partial charge in [-0.1, -0.05) is 19.8 Å². The van der Waals surface area contributed by atoms with E-state index in [1.807, 2.05) is 11.8 Å². The first-order valence-corrected chi connectivity index (χ1v) is 8.13. The minimum absolute atomic E-state index is 0.203. The molecule has 1 saturated carbocycles. The molecule has 0 aromatic rings. The van der Waals surface area contributed by atoms with Gasteiger partial charge in [0, 0.05) is 11.8 Å².